The third-order valence-electron chi connectivity index (χ3n) is 6.93. The van der Waals surface area contributed by atoms with Crippen LogP contribution in [0.1, 0.15) is 59.5 Å². The van der Waals surface area contributed by atoms with Crippen LogP contribution in [-0.4, -0.2) is 30.8 Å². The van der Waals surface area contributed by atoms with Gasteiger partial charge < -0.3 is 10.1 Å². The van der Waals surface area contributed by atoms with Crippen molar-refractivity contribution in [1.29, 1.82) is 0 Å². The molecule has 0 fully saturated rings. The molecule has 206 valence electrons. The van der Waals surface area contributed by atoms with Crippen LogP contribution in [0.4, 0.5) is 5.95 Å². The van der Waals surface area contributed by atoms with E-state index in [9.17, 15) is 13.2 Å². The lowest BCUT2D eigenvalue weighted by Gasteiger charge is -2.23. The summed E-state index contributed by atoms with van der Waals surface area (Å²) in [5.74, 6) is -0.360. The number of amides is 1. The molecule has 0 aliphatic carbocycles. The van der Waals surface area contributed by atoms with Crippen molar-refractivity contribution in [2.45, 2.75) is 51.0 Å². The van der Waals surface area contributed by atoms with Gasteiger partial charge in [0.15, 0.2) is 0 Å². The molecular weight excluding hydrogens is 524 g/mol. The van der Waals surface area contributed by atoms with Gasteiger partial charge in [0.25, 0.3) is 15.9 Å². The van der Waals surface area contributed by atoms with Gasteiger partial charge in [0.2, 0.25) is 11.8 Å². The summed E-state index contributed by atoms with van der Waals surface area (Å²) >= 11 is 0. The van der Waals surface area contributed by atoms with Crippen LogP contribution in [-0.2, 0) is 15.4 Å². The Balaban J connectivity index is 1.66. The number of hydrogen-bond acceptors (Lipinski definition) is 6. The normalized spacial score (nSPS) is 16.8. The van der Waals surface area contributed by atoms with Gasteiger partial charge in [0.05, 0.1) is 17.1 Å². The van der Waals surface area contributed by atoms with Crippen molar-refractivity contribution in [1.82, 2.24) is 15.3 Å². The molecule has 1 amide bonds. The van der Waals surface area contributed by atoms with Gasteiger partial charge in [-0.1, -0.05) is 69.3 Å². The average molecular weight is 557 g/mol. The number of nitrogens with zero attached hydrogens (tertiary/aromatic N) is 2. The number of fused-ring (bicyclic) bond motifs is 4. The van der Waals surface area contributed by atoms with Gasteiger partial charge in [-0.3, -0.25) is 4.79 Å². The van der Waals surface area contributed by atoms with E-state index in [0.29, 0.717) is 5.69 Å². The second-order valence-corrected chi connectivity index (χ2v) is 12.7. The van der Waals surface area contributed by atoms with Crippen LogP contribution < -0.4 is 14.8 Å². The van der Waals surface area contributed by atoms with E-state index in [4.69, 9.17) is 4.74 Å². The molecule has 1 aliphatic rings. The fraction of sp³-hybridized carbons (Fsp3) is 0.258. The number of nitrogens with one attached hydrogen (secondary N) is 2. The Hall–Kier alpha value is -4.24. The maximum atomic E-state index is 13.3. The number of hydrogen-bond donors (Lipinski definition) is 2. The zero-order chi connectivity index (χ0) is 28.7. The van der Waals surface area contributed by atoms with Gasteiger partial charge >= 0.3 is 0 Å². The summed E-state index contributed by atoms with van der Waals surface area (Å²) in [7, 11) is -4.10. The highest BCUT2D eigenvalue weighted by Crippen LogP contribution is 2.32. The second-order valence-electron chi connectivity index (χ2n) is 11.0. The van der Waals surface area contributed by atoms with E-state index in [1.54, 1.807) is 12.1 Å². The summed E-state index contributed by atoms with van der Waals surface area (Å²) in [6.07, 6.45) is -0.605. The fourth-order valence-electron chi connectivity index (χ4n) is 4.72. The minimum absolute atomic E-state index is 0.0254. The molecule has 3 aromatic carbocycles. The third-order valence-corrected chi connectivity index (χ3v) is 8.26. The summed E-state index contributed by atoms with van der Waals surface area (Å²) in [5.41, 5.74) is 5.53. The monoisotopic (exact) mass is 556 g/mol. The second kappa shape index (κ2) is 10.4. The molecule has 0 radical (unpaired) electrons. The van der Waals surface area contributed by atoms with Crippen LogP contribution in [0.25, 0.3) is 11.3 Å². The van der Waals surface area contributed by atoms with E-state index in [1.807, 2.05) is 56.3 Å². The van der Waals surface area contributed by atoms with E-state index >= 15 is 0 Å². The lowest BCUT2D eigenvalue weighted by Crippen LogP contribution is -2.31. The molecule has 8 nitrogen and oxygen atoms in total. The molecule has 0 saturated heterocycles. The third kappa shape index (κ3) is 5.70. The molecular formula is C31H32N4O4S. The van der Waals surface area contributed by atoms with Crippen molar-refractivity contribution in [3.05, 3.63) is 101 Å². The predicted molar refractivity (Wildman–Crippen MR) is 155 cm³/mol. The molecule has 9 heteroatoms. The molecule has 1 unspecified atom stereocenters. The van der Waals surface area contributed by atoms with Crippen molar-refractivity contribution in [2.75, 3.05) is 11.3 Å². The predicted octanol–water partition coefficient (Wildman–Crippen LogP) is 5.72. The van der Waals surface area contributed by atoms with Crippen LogP contribution in [0.5, 0.6) is 5.88 Å². The van der Waals surface area contributed by atoms with Crippen LogP contribution in [0.3, 0.4) is 0 Å². The van der Waals surface area contributed by atoms with Crippen molar-refractivity contribution in [2.24, 2.45) is 0 Å². The summed E-state index contributed by atoms with van der Waals surface area (Å²) < 4.78 is 35.5. The number of carbonyl (C=O) groups excluding carboxylic acids is 1. The number of aryl methyl sites for hydroxylation is 2. The number of carbonyl (C=O) groups is 1. The first-order valence-corrected chi connectivity index (χ1v) is 14.5. The minimum Gasteiger partial charge on any atom is -0.467 e. The summed E-state index contributed by atoms with van der Waals surface area (Å²) in [6, 6.07) is 21.5. The number of aromatic nitrogens is 2. The van der Waals surface area contributed by atoms with Crippen molar-refractivity contribution in [3.63, 3.8) is 0 Å². The number of rotatable bonds is 2. The Labute approximate surface area is 234 Å². The van der Waals surface area contributed by atoms with E-state index in [0.717, 1.165) is 27.8 Å². The Morgan fingerprint density at radius 2 is 1.57 bits per heavy atom. The van der Waals surface area contributed by atoms with E-state index < -0.39 is 22.0 Å². The Morgan fingerprint density at radius 1 is 0.900 bits per heavy atom. The van der Waals surface area contributed by atoms with Crippen molar-refractivity contribution in [3.8, 4) is 17.1 Å². The molecule has 0 saturated carbocycles. The van der Waals surface area contributed by atoms with Crippen LogP contribution in [0, 0.1) is 13.8 Å². The number of ether oxygens (including phenoxy) is 1. The van der Waals surface area contributed by atoms with E-state index in [2.05, 4.69) is 40.8 Å². The Morgan fingerprint density at radius 3 is 2.25 bits per heavy atom. The largest absolute Gasteiger partial charge is 0.467 e. The molecule has 2 N–H and O–H groups in total. The minimum atomic E-state index is -4.10. The summed E-state index contributed by atoms with van der Waals surface area (Å²) in [5, 5.41) is 2.90. The van der Waals surface area contributed by atoms with Gasteiger partial charge in [-0.25, -0.2) is 18.1 Å². The molecule has 40 heavy (non-hydrogen) atoms. The van der Waals surface area contributed by atoms with E-state index in [-0.39, 0.29) is 34.2 Å². The van der Waals surface area contributed by atoms with Crippen molar-refractivity contribution < 1.29 is 17.9 Å². The lowest BCUT2D eigenvalue weighted by molar-refractivity contribution is 0.0925. The SMILES string of the molecule is Cc1cccc(C)c1-c1cc2nc(n1)NS(=O)(=O)c1cccc(c1)C(=O)NCC(c1ccc(C(C)(C)C)cc1)O2. The molecule has 0 spiro atoms. The number of benzene rings is 3. The highest BCUT2D eigenvalue weighted by atomic mass is 32.2. The molecule has 4 bridgehead atoms. The smallest absolute Gasteiger partial charge is 0.264 e. The first-order valence-electron chi connectivity index (χ1n) is 13.0. The molecule has 5 rings (SSSR count). The molecule has 4 aromatic rings. The van der Waals surface area contributed by atoms with Crippen LogP contribution >= 0.6 is 0 Å². The first kappa shape index (κ1) is 27.3. The average Bonchev–Trinajstić information content (AvgIpc) is 2.90. The van der Waals surface area contributed by atoms with Gasteiger partial charge in [-0.05, 0) is 59.7 Å². The van der Waals surface area contributed by atoms with Crippen LogP contribution in [0.2, 0.25) is 0 Å². The zero-order valence-corrected chi connectivity index (χ0v) is 24.0. The summed E-state index contributed by atoms with van der Waals surface area (Å²) in [4.78, 5) is 22.0. The number of anilines is 1. The zero-order valence-electron chi connectivity index (χ0n) is 23.1. The van der Waals surface area contributed by atoms with Crippen molar-refractivity contribution >= 4 is 21.9 Å². The van der Waals surface area contributed by atoms with Gasteiger partial charge in [-0.15, -0.1) is 0 Å². The molecule has 1 aliphatic heterocycles. The quantitative estimate of drug-likeness (QED) is 0.327. The van der Waals surface area contributed by atoms with Crippen LogP contribution in [0.15, 0.2) is 77.7 Å². The first-order chi connectivity index (χ1) is 18.9. The topological polar surface area (TPSA) is 110 Å². The Bertz CT molecular complexity index is 1670. The van der Waals surface area contributed by atoms with Gasteiger partial charge in [0, 0.05) is 17.2 Å². The Kier molecular flexibility index (Phi) is 7.10. The fourth-order valence-corrected chi connectivity index (χ4v) is 5.71. The van der Waals surface area contributed by atoms with E-state index in [1.165, 1.54) is 18.2 Å². The maximum Gasteiger partial charge on any atom is 0.264 e. The highest BCUT2D eigenvalue weighted by Gasteiger charge is 2.24. The maximum absolute atomic E-state index is 13.3. The summed E-state index contributed by atoms with van der Waals surface area (Å²) in [6.45, 7) is 10.5. The van der Waals surface area contributed by atoms with Gasteiger partial charge in [0.1, 0.15) is 6.10 Å². The van der Waals surface area contributed by atoms with Gasteiger partial charge in [-0.2, -0.15) is 4.98 Å². The molecule has 2 heterocycles. The number of sulfonamides is 1. The lowest BCUT2D eigenvalue weighted by atomic mass is 9.86. The molecule has 1 aromatic heterocycles. The standard InChI is InChI=1S/C31H32N4O4S/c1-19-8-6-9-20(2)28(19)25-17-27-34-30(33-25)35-40(37,38)24-11-7-10-22(16-24)29(36)32-18-26(39-27)21-12-14-23(15-13-21)31(3,4)5/h6-17,26H,18H2,1-5H3,(H,32,36)(H,33,34,35). The highest BCUT2D eigenvalue weighted by molar-refractivity contribution is 7.92. The molecule has 1 atom stereocenters.